The lowest BCUT2D eigenvalue weighted by Crippen LogP contribution is -2.49. The predicted octanol–water partition coefficient (Wildman–Crippen LogP) is 2.42. The van der Waals surface area contributed by atoms with Crippen LogP contribution < -0.4 is 4.90 Å². The highest BCUT2D eigenvalue weighted by Crippen LogP contribution is 2.18. The number of aldehydes is 1. The summed E-state index contributed by atoms with van der Waals surface area (Å²) in [5.41, 5.74) is 1.97. The maximum atomic E-state index is 10.6. The summed E-state index contributed by atoms with van der Waals surface area (Å²) in [4.78, 5) is 15.6. The van der Waals surface area contributed by atoms with Gasteiger partial charge in [-0.3, -0.25) is 9.69 Å². The summed E-state index contributed by atoms with van der Waals surface area (Å²) in [6.45, 7) is 8.95. The molecule has 1 aromatic carbocycles. The number of carbonyl (C=O) groups is 1. The topological polar surface area (TPSA) is 23.6 Å². The number of piperazine rings is 1. The molecule has 1 fully saturated rings. The smallest absolute Gasteiger partial charge is 0.150 e. The Morgan fingerprint density at radius 3 is 2.28 bits per heavy atom. The van der Waals surface area contributed by atoms with Gasteiger partial charge in [0.2, 0.25) is 0 Å². The first kappa shape index (κ1) is 13.1. The molecule has 1 saturated heterocycles. The third kappa shape index (κ3) is 2.91. The fraction of sp³-hybridized carbons (Fsp3) is 0.533. The number of nitrogens with zero attached hydrogens (tertiary/aromatic N) is 2. The summed E-state index contributed by atoms with van der Waals surface area (Å²) in [6.07, 6.45) is 2.11. The fourth-order valence-corrected chi connectivity index (χ4v) is 2.44. The van der Waals surface area contributed by atoms with E-state index in [0.29, 0.717) is 6.04 Å². The summed E-state index contributed by atoms with van der Waals surface area (Å²) < 4.78 is 0. The van der Waals surface area contributed by atoms with Crippen molar-refractivity contribution in [3.8, 4) is 0 Å². The summed E-state index contributed by atoms with van der Waals surface area (Å²) in [6, 6.07) is 8.56. The number of hydrogen-bond acceptors (Lipinski definition) is 3. The maximum Gasteiger partial charge on any atom is 0.150 e. The first-order valence-corrected chi connectivity index (χ1v) is 6.79. The summed E-state index contributed by atoms with van der Waals surface area (Å²) in [5.74, 6) is 0. The predicted molar refractivity (Wildman–Crippen MR) is 75.4 cm³/mol. The van der Waals surface area contributed by atoms with Gasteiger partial charge in [-0.15, -0.1) is 0 Å². The van der Waals surface area contributed by atoms with E-state index in [9.17, 15) is 4.79 Å². The molecule has 98 valence electrons. The second-order valence-electron chi connectivity index (χ2n) is 4.99. The number of anilines is 1. The van der Waals surface area contributed by atoms with Crippen molar-refractivity contribution < 1.29 is 4.79 Å². The highest BCUT2D eigenvalue weighted by Gasteiger charge is 2.19. The third-order valence-electron chi connectivity index (χ3n) is 3.92. The van der Waals surface area contributed by atoms with E-state index in [4.69, 9.17) is 0 Å². The molecule has 1 atom stereocenters. The first-order chi connectivity index (χ1) is 8.74. The Labute approximate surface area is 109 Å². The molecule has 3 heteroatoms. The highest BCUT2D eigenvalue weighted by atomic mass is 16.1. The Kier molecular flexibility index (Phi) is 4.37. The fourth-order valence-electron chi connectivity index (χ4n) is 2.44. The Morgan fingerprint density at radius 1 is 1.17 bits per heavy atom. The molecule has 0 aliphatic carbocycles. The molecule has 1 aliphatic rings. The van der Waals surface area contributed by atoms with Gasteiger partial charge in [0.15, 0.2) is 0 Å². The van der Waals surface area contributed by atoms with Gasteiger partial charge in [0, 0.05) is 43.5 Å². The first-order valence-electron chi connectivity index (χ1n) is 6.79. The van der Waals surface area contributed by atoms with Gasteiger partial charge in [-0.05, 0) is 37.6 Å². The Balaban J connectivity index is 1.94. The average Bonchev–Trinajstić information content (AvgIpc) is 2.47. The average molecular weight is 246 g/mol. The summed E-state index contributed by atoms with van der Waals surface area (Å²) in [7, 11) is 0. The molecule has 1 aromatic rings. The Hall–Kier alpha value is -1.35. The van der Waals surface area contributed by atoms with Crippen LogP contribution in [0.15, 0.2) is 24.3 Å². The molecule has 1 aliphatic heterocycles. The number of hydrogen-bond donors (Lipinski definition) is 0. The van der Waals surface area contributed by atoms with Crippen LogP contribution in [-0.2, 0) is 0 Å². The Morgan fingerprint density at radius 2 is 1.78 bits per heavy atom. The van der Waals surface area contributed by atoms with Crippen molar-refractivity contribution in [3.05, 3.63) is 29.8 Å². The molecule has 2 rings (SSSR count). The van der Waals surface area contributed by atoms with E-state index in [1.165, 1.54) is 12.1 Å². The summed E-state index contributed by atoms with van der Waals surface area (Å²) in [5, 5.41) is 0. The zero-order chi connectivity index (χ0) is 13.0. The van der Waals surface area contributed by atoms with Crippen molar-refractivity contribution in [2.75, 3.05) is 31.1 Å². The van der Waals surface area contributed by atoms with Gasteiger partial charge in [0.25, 0.3) is 0 Å². The largest absolute Gasteiger partial charge is 0.369 e. The lowest BCUT2D eigenvalue weighted by Gasteiger charge is -2.39. The van der Waals surface area contributed by atoms with Crippen LogP contribution in [0, 0.1) is 0 Å². The SMILES string of the molecule is CC[C@@H](C)N1CCN(c2ccc(C=O)cc2)CC1. The van der Waals surface area contributed by atoms with Crippen LogP contribution >= 0.6 is 0 Å². The maximum absolute atomic E-state index is 10.6. The van der Waals surface area contributed by atoms with E-state index in [1.807, 2.05) is 24.3 Å². The second-order valence-corrected chi connectivity index (χ2v) is 4.99. The number of rotatable bonds is 4. The second kappa shape index (κ2) is 6.01. The molecule has 0 saturated carbocycles. The van der Waals surface area contributed by atoms with Gasteiger partial charge < -0.3 is 4.90 Å². The molecular weight excluding hydrogens is 224 g/mol. The van der Waals surface area contributed by atoms with Crippen LogP contribution in [0.3, 0.4) is 0 Å². The van der Waals surface area contributed by atoms with Crippen molar-refractivity contribution in [3.63, 3.8) is 0 Å². The van der Waals surface area contributed by atoms with Gasteiger partial charge in [-0.25, -0.2) is 0 Å². The normalized spacial score (nSPS) is 18.7. The molecule has 0 radical (unpaired) electrons. The van der Waals surface area contributed by atoms with E-state index in [-0.39, 0.29) is 0 Å². The zero-order valence-corrected chi connectivity index (χ0v) is 11.3. The molecule has 0 bridgehead atoms. The van der Waals surface area contributed by atoms with Crippen LogP contribution in [0.25, 0.3) is 0 Å². The standard InChI is InChI=1S/C15H22N2O/c1-3-13(2)16-8-10-17(11-9-16)15-6-4-14(12-18)5-7-15/h4-7,12-13H,3,8-11H2,1-2H3/t13-/m1/s1. The minimum atomic E-state index is 0.685. The highest BCUT2D eigenvalue weighted by molar-refractivity contribution is 5.75. The molecule has 0 N–H and O–H groups in total. The van der Waals surface area contributed by atoms with E-state index in [2.05, 4.69) is 23.6 Å². The quantitative estimate of drug-likeness (QED) is 0.762. The zero-order valence-electron chi connectivity index (χ0n) is 11.3. The van der Waals surface area contributed by atoms with Gasteiger partial charge in [-0.1, -0.05) is 6.92 Å². The van der Waals surface area contributed by atoms with Gasteiger partial charge in [0.1, 0.15) is 6.29 Å². The molecule has 0 spiro atoms. The van der Waals surface area contributed by atoms with Crippen molar-refractivity contribution in [1.29, 1.82) is 0 Å². The molecule has 18 heavy (non-hydrogen) atoms. The van der Waals surface area contributed by atoms with Crippen LogP contribution in [0.2, 0.25) is 0 Å². The Bertz CT molecular complexity index is 380. The molecule has 0 unspecified atom stereocenters. The van der Waals surface area contributed by atoms with Crippen LogP contribution in [-0.4, -0.2) is 43.4 Å². The molecule has 0 amide bonds. The summed E-state index contributed by atoms with van der Waals surface area (Å²) >= 11 is 0. The minimum Gasteiger partial charge on any atom is -0.369 e. The number of carbonyl (C=O) groups excluding carboxylic acids is 1. The number of benzene rings is 1. The van der Waals surface area contributed by atoms with Gasteiger partial charge in [-0.2, -0.15) is 0 Å². The van der Waals surface area contributed by atoms with Gasteiger partial charge in [0.05, 0.1) is 0 Å². The van der Waals surface area contributed by atoms with E-state index in [1.54, 1.807) is 0 Å². The van der Waals surface area contributed by atoms with E-state index < -0.39 is 0 Å². The van der Waals surface area contributed by atoms with E-state index in [0.717, 1.165) is 38.0 Å². The van der Waals surface area contributed by atoms with Crippen molar-refractivity contribution in [2.45, 2.75) is 26.3 Å². The molecular formula is C15H22N2O. The monoisotopic (exact) mass is 246 g/mol. The van der Waals surface area contributed by atoms with Gasteiger partial charge >= 0.3 is 0 Å². The van der Waals surface area contributed by atoms with Crippen LogP contribution in [0.4, 0.5) is 5.69 Å². The molecule has 3 nitrogen and oxygen atoms in total. The minimum absolute atomic E-state index is 0.685. The lowest BCUT2D eigenvalue weighted by molar-refractivity contribution is 0.112. The van der Waals surface area contributed by atoms with E-state index >= 15 is 0 Å². The van der Waals surface area contributed by atoms with Crippen LogP contribution in [0.1, 0.15) is 30.6 Å². The third-order valence-corrected chi connectivity index (χ3v) is 3.92. The van der Waals surface area contributed by atoms with Crippen molar-refractivity contribution >= 4 is 12.0 Å². The lowest BCUT2D eigenvalue weighted by atomic mass is 10.1. The molecule has 0 aromatic heterocycles. The van der Waals surface area contributed by atoms with Crippen LogP contribution in [0.5, 0.6) is 0 Å². The molecule has 1 heterocycles. The van der Waals surface area contributed by atoms with Crippen molar-refractivity contribution in [1.82, 2.24) is 4.90 Å². The van der Waals surface area contributed by atoms with Crippen molar-refractivity contribution in [2.24, 2.45) is 0 Å².